The summed E-state index contributed by atoms with van der Waals surface area (Å²) < 4.78 is 31.0. The van der Waals surface area contributed by atoms with Gasteiger partial charge in [0.2, 0.25) is 0 Å². The predicted molar refractivity (Wildman–Crippen MR) is 57.0 cm³/mol. The van der Waals surface area contributed by atoms with Crippen molar-refractivity contribution in [2.75, 3.05) is 6.54 Å². The third-order valence-corrected chi connectivity index (χ3v) is 2.16. The highest BCUT2D eigenvalue weighted by Gasteiger charge is 2.13. The van der Waals surface area contributed by atoms with E-state index in [9.17, 15) is 8.78 Å². The summed E-state index contributed by atoms with van der Waals surface area (Å²) in [7, 11) is 0. The number of rotatable bonds is 4. The van der Waals surface area contributed by atoms with Crippen molar-refractivity contribution >= 4 is 0 Å². The minimum absolute atomic E-state index is 0.0513. The Balaban J connectivity index is 2.24. The molecule has 0 saturated heterocycles. The number of hydrogen-bond donors (Lipinski definition) is 1. The van der Waals surface area contributed by atoms with Crippen molar-refractivity contribution in [2.24, 2.45) is 0 Å². The fraction of sp³-hybridized carbons (Fsp3) is 0.273. The molecule has 0 radical (unpaired) electrons. The van der Waals surface area contributed by atoms with E-state index >= 15 is 0 Å². The minimum Gasteiger partial charge on any atom is -0.334 e. The lowest BCUT2D eigenvalue weighted by molar-refractivity contribution is 0.417. The van der Waals surface area contributed by atoms with Gasteiger partial charge in [-0.05, 0) is 18.7 Å². The molecule has 1 N–H and O–H groups in total. The van der Waals surface area contributed by atoms with Gasteiger partial charge in [-0.1, -0.05) is 12.1 Å². The molecule has 2 aromatic rings. The van der Waals surface area contributed by atoms with Crippen molar-refractivity contribution < 1.29 is 13.3 Å². The van der Waals surface area contributed by atoms with Crippen LogP contribution in [-0.4, -0.2) is 16.7 Å². The van der Waals surface area contributed by atoms with Crippen LogP contribution in [0.25, 0.3) is 11.5 Å². The molecule has 1 heterocycles. The smallest absolute Gasteiger partial charge is 0.260 e. The molecule has 0 aliphatic heterocycles. The maximum atomic E-state index is 13.4. The second-order valence-corrected chi connectivity index (χ2v) is 3.42. The zero-order valence-corrected chi connectivity index (χ0v) is 9.20. The van der Waals surface area contributed by atoms with Crippen molar-refractivity contribution in [3.8, 4) is 11.5 Å². The molecule has 2 rings (SSSR count). The summed E-state index contributed by atoms with van der Waals surface area (Å²) in [5.41, 5.74) is 0.0987. The second-order valence-electron chi connectivity index (χ2n) is 3.42. The monoisotopic (exact) mass is 239 g/mol. The van der Waals surface area contributed by atoms with Crippen LogP contribution in [0.5, 0.6) is 0 Å². The topological polar surface area (TPSA) is 51.0 Å². The highest BCUT2D eigenvalue weighted by Crippen LogP contribution is 2.21. The highest BCUT2D eigenvalue weighted by atomic mass is 19.1. The number of halogens is 2. The summed E-state index contributed by atoms with van der Waals surface area (Å²) in [5.74, 6) is -0.872. The Bertz CT molecular complexity index is 513. The maximum Gasteiger partial charge on any atom is 0.260 e. The lowest BCUT2D eigenvalue weighted by atomic mass is 10.2. The van der Waals surface area contributed by atoms with Crippen LogP contribution in [-0.2, 0) is 6.54 Å². The van der Waals surface area contributed by atoms with E-state index in [1.54, 1.807) is 0 Å². The van der Waals surface area contributed by atoms with E-state index in [-0.39, 0.29) is 11.5 Å². The number of nitrogens with one attached hydrogen (secondary N) is 1. The van der Waals surface area contributed by atoms with Gasteiger partial charge >= 0.3 is 0 Å². The molecule has 0 fully saturated rings. The molecule has 1 aromatic heterocycles. The van der Waals surface area contributed by atoms with Gasteiger partial charge in [0, 0.05) is 6.07 Å². The van der Waals surface area contributed by atoms with Gasteiger partial charge in [-0.25, -0.2) is 8.78 Å². The fourth-order valence-corrected chi connectivity index (χ4v) is 1.33. The third kappa shape index (κ3) is 2.65. The van der Waals surface area contributed by atoms with Crippen molar-refractivity contribution in [2.45, 2.75) is 13.5 Å². The average molecular weight is 239 g/mol. The summed E-state index contributed by atoms with van der Waals surface area (Å²) in [6.45, 7) is 3.16. The van der Waals surface area contributed by atoms with Gasteiger partial charge in [0.25, 0.3) is 5.89 Å². The number of hydrogen-bond acceptors (Lipinski definition) is 4. The molecule has 90 valence electrons. The van der Waals surface area contributed by atoms with Gasteiger partial charge in [-0.15, -0.1) is 0 Å². The second kappa shape index (κ2) is 5.01. The van der Waals surface area contributed by atoms with Crippen LogP contribution < -0.4 is 5.32 Å². The predicted octanol–water partition coefficient (Wildman–Crippen LogP) is 2.12. The summed E-state index contributed by atoms with van der Waals surface area (Å²) in [6.07, 6.45) is 0. The van der Waals surface area contributed by atoms with Crippen LogP contribution >= 0.6 is 0 Å². The van der Waals surface area contributed by atoms with Crippen molar-refractivity contribution in [1.82, 2.24) is 15.5 Å². The number of nitrogens with zero attached hydrogens (tertiary/aromatic N) is 2. The van der Waals surface area contributed by atoms with E-state index in [0.29, 0.717) is 12.4 Å². The van der Waals surface area contributed by atoms with Gasteiger partial charge in [0.15, 0.2) is 5.82 Å². The highest BCUT2D eigenvalue weighted by molar-refractivity contribution is 5.53. The van der Waals surface area contributed by atoms with Crippen LogP contribution in [0, 0.1) is 11.6 Å². The molecule has 0 atom stereocenters. The number of benzene rings is 1. The summed E-state index contributed by atoms with van der Waals surface area (Å²) in [6, 6.07) is 3.20. The van der Waals surface area contributed by atoms with E-state index in [4.69, 9.17) is 4.52 Å². The molecule has 1 aromatic carbocycles. The Kier molecular flexibility index (Phi) is 3.43. The van der Waals surface area contributed by atoms with Crippen LogP contribution in [0.4, 0.5) is 8.78 Å². The van der Waals surface area contributed by atoms with Crippen LogP contribution in [0.15, 0.2) is 22.7 Å². The largest absolute Gasteiger partial charge is 0.334 e. The van der Waals surface area contributed by atoms with Gasteiger partial charge < -0.3 is 9.84 Å². The molecule has 0 amide bonds. The lowest BCUT2D eigenvalue weighted by Crippen LogP contribution is -2.12. The third-order valence-electron chi connectivity index (χ3n) is 2.16. The van der Waals surface area contributed by atoms with Crippen molar-refractivity contribution in [1.29, 1.82) is 0 Å². The standard InChI is InChI=1S/C11H11F2N3O/c1-2-14-6-10-15-11(17-16-10)8-4-3-7(12)5-9(8)13/h3-5,14H,2,6H2,1H3. The fourth-order valence-electron chi connectivity index (χ4n) is 1.33. The van der Waals surface area contributed by atoms with E-state index in [1.165, 1.54) is 6.07 Å². The zero-order valence-electron chi connectivity index (χ0n) is 9.20. The first kappa shape index (κ1) is 11.7. The number of aromatic nitrogens is 2. The van der Waals surface area contributed by atoms with E-state index < -0.39 is 11.6 Å². The quantitative estimate of drug-likeness (QED) is 0.887. The minimum atomic E-state index is -0.719. The summed E-state index contributed by atoms with van der Waals surface area (Å²) >= 11 is 0. The van der Waals surface area contributed by atoms with Crippen molar-refractivity contribution in [3.63, 3.8) is 0 Å². The SMILES string of the molecule is CCNCc1noc(-c2ccc(F)cc2F)n1. The Hall–Kier alpha value is -1.82. The summed E-state index contributed by atoms with van der Waals surface area (Å²) in [5, 5.41) is 6.70. The van der Waals surface area contributed by atoms with Gasteiger partial charge in [-0.3, -0.25) is 0 Å². The first-order valence-corrected chi connectivity index (χ1v) is 5.19. The Morgan fingerprint density at radius 3 is 2.88 bits per heavy atom. The molecular weight excluding hydrogens is 228 g/mol. The van der Waals surface area contributed by atoms with Crippen LogP contribution in [0.1, 0.15) is 12.7 Å². The molecule has 17 heavy (non-hydrogen) atoms. The van der Waals surface area contributed by atoms with Crippen LogP contribution in [0.3, 0.4) is 0 Å². The molecular formula is C11H11F2N3O. The molecule has 0 bridgehead atoms. The normalized spacial score (nSPS) is 10.8. The molecule has 0 unspecified atom stereocenters. The Labute approximate surface area is 96.6 Å². The van der Waals surface area contributed by atoms with E-state index in [2.05, 4.69) is 15.5 Å². The molecule has 0 saturated carbocycles. The van der Waals surface area contributed by atoms with Gasteiger partial charge in [0.05, 0.1) is 12.1 Å². The molecule has 0 spiro atoms. The maximum absolute atomic E-state index is 13.4. The zero-order chi connectivity index (χ0) is 12.3. The first-order chi connectivity index (χ1) is 8.20. The molecule has 0 aliphatic rings. The van der Waals surface area contributed by atoms with E-state index in [0.717, 1.165) is 18.7 Å². The molecule has 0 aliphatic carbocycles. The Morgan fingerprint density at radius 1 is 1.35 bits per heavy atom. The van der Waals surface area contributed by atoms with E-state index in [1.807, 2.05) is 6.92 Å². The summed E-state index contributed by atoms with van der Waals surface area (Å²) in [4.78, 5) is 4.01. The first-order valence-electron chi connectivity index (χ1n) is 5.19. The van der Waals surface area contributed by atoms with Crippen LogP contribution in [0.2, 0.25) is 0 Å². The average Bonchev–Trinajstić information content (AvgIpc) is 2.75. The lowest BCUT2D eigenvalue weighted by Gasteiger charge is -1.96. The van der Waals surface area contributed by atoms with Gasteiger partial charge in [-0.2, -0.15) is 4.98 Å². The molecule has 6 heteroatoms. The molecule has 4 nitrogen and oxygen atoms in total. The van der Waals surface area contributed by atoms with Gasteiger partial charge in [0.1, 0.15) is 11.6 Å². The van der Waals surface area contributed by atoms with Crippen molar-refractivity contribution in [3.05, 3.63) is 35.7 Å². The Morgan fingerprint density at radius 2 is 2.18 bits per heavy atom.